The molecule has 1 N–H and O–H groups in total. The molecule has 0 aliphatic heterocycles. The monoisotopic (exact) mass is 231 g/mol. The number of nitrogens with one attached hydrogen (secondary N) is 1. The topological polar surface area (TPSA) is 46.2 Å². The Balaban J connectivity index is 3.28. The number of benzene rings is 1. The van der Waals surface area contributed by atoms with Gasteiger partial charge in [-0.3, -0.25) is 4.72 Å². The molecule has 0 radical (unpaired) electrons. The summed E-state index contributed by atoms with van der Waals surface area (Å²) in [4.78, 5) is 0. The van der Waals surface area contributed by atoms with Gasteiger partial charge in [-0.2, -0.15) is 0 Å². The largest absolute Gasteiger partial charge is 0.278 e. The standard InChI is InChI=1S/C9H7F2NO2S/c1-3-6-4-7(10)9(8(11)5-6)12-15(2,13)14/h1,4-5,12H,2H3. The zero-order valence-electron chi connectivity index (χ0n) is 7.71. The van der Waals surface area contributed by atoms with Crippen molar-refractivity contribution >= 4 is 15.7 Å². The molecule has 1 aromatic rings. The third-order valence-electron chi connectivity index (χ3n) is 1.50. The highest BCUT2D eigenvalue weighted by Gasteiger charge is 2.14. The molecule has 0 spiro atoms. The maximum atomic E-state index is 13.2. The lowest BCUT2D eigenvalue weighted by molar-refractivity contribution is 0.584. The molecule has 0 unspecified atom stereocenters. The number of hydrogen-bond acceptors (Lipinski definition) is 2. The number of hydrogen-bond donors (Lipinski definition) is 1. The van der Waals surface area contributed by atoms with Gasteiger partial charge in [-0.15, -0.1) is 6.42 Å². The Morgan fingerprint density at radius 2 is 1.80 bits per heavy atom. The van der Waals surface area contributed by atoms with Gasteiger partial charge in [0.25, 0.3) is 0 Å². The minimum absolute atomic E-state index is 0.00375. The summed E-state index contributed by atoms with van der Waals surface area (Å²) >= 11 is 0. The summed E-state index contributed by atoms with van der Waals surface area (Å²) in [5.41, 5.74) is -0.722. The molecule has 0 atom stereocenters. The van der Waals surface area contributed by atoms with Crippen LogP contribution < -0.4 is 4.72 Å². The van der Waals surface area contributed by atoms with Crippen molar-refractivity contribution in [2.45, 2.75) is 0 Å². The fraction of sp³-hybridized carbons (Fsp3) is 0.111. The second kappa shape index (κ2) is 3.87. The van der Waals surface area contributed by atoms with Gasteiger partial charge in [0, 0.05) is 5.56 Å². The second-order valence-electron chi connectivity index (χ2n) is 2.83. The van der Waals surface area contributed by atoms with Crippen molar-refractivity contribution in [2.75, 3.05) is 11.0 Å². The van der Waals surface area contributed by atoms with E-state index < -0.39 is 27.3 Å². The molecule has 0 heterocycles. The Labute approximate surface area is 86.2 Å². The van der Waals surface area contributed by atoms with Crippen molar-refractivity contribution in [3.05, 3.63) is 29.3 Å². The average Bonchev–Trinajstić information content (AvgIpc) is 2.09. The van der Waals surface area contributed by atoms with Crippen LogP contribution in [0.2, 0.25) is 0 Å². The molecular formula is C9H7F2NO2S. The summed E-state index contributed by atoms with van der Waals surface area (Å²) in [5, 5.41) is 0. The first-order chi connectivity index (χ1) is 6.83. The van der Waals surface area contributed by atoms with Gasteiger partial charge < -0.3 is 0 Å². The first-order valence-electron chi connectivity index (χ1n) is 3.77. The molecule has 0 saturated carbocycles. The predicted molar refractivity (Wildman–Crippen MR) is 52.8 cm³/mol. The first kappa shape index (κ1) is 11.5. The Bertz CT molecular complexity index is 509. The molecule has 1 rings (SSSR count). The predicted octanol–water partition coefficient (Wildman–Crippen LogP) is 1.32. The number of rotatable bonds is 2. The van der Waals surface area contributed by atoms with Crippen molar-refractivity contribution in [1.82, 2.24) is 0 Å². The van der Waals surface area contributed by atoms with Crippen molar-refractivity contribution in [2.24, 2.45) is 0 Å². The molecule has 0 bridgehead atoms. The van der Waals surface area contributed by atoms with Crippen LogP contribution in [0.3, 0.4) is 0 Å². The van der Waals surface area contributed by atoms with E-state index in [0.717, 1.165) is 18.4 Å². The van der Waals surface area contributed by atoms with Crippen LogP contribution in [0.15, 0.2) is 12.1 Å². The van der Waals surface area contributed by atoms with Crippen molar-refractivity contribution in [3.63, 3.8) is 0 Å². The Hall–Kier alpha value is -1.61. The van der Waals surface area contributed by atoms with Gasteiger partial charge >= 0.3 is 0 Å². The average molecular weight is 231 g/mol. The molecule has 0 fully saturated rings. The van der Waals surface area contributed by atoms with E-state index in [-0.39, 0.29) is 5.56 Å². The van der Waals surface area contributed by atoms with Gasteiger partial charge in [0.05, 0.1) is 6.26 Å². The minimum atomic E-state index is -3.72. The lowest BCUT2D eigenvalue weighted by Gasteiger charge is -2.06. The highest BCUT2D eigenvalue weighted by Crippen LogP contribution is 2.21. The lowest BCUT2D eigenvalue weighted by atomic mass is 10.2. The molecule has 0 aliphatic carbocycles. The highest BCUT2D eigenvalue weighted by molar-refractivity contribution is 7.92. The minimum Gasteiger partial charge on any atom is -0.278 e. The Morgan fingerprint density at radius 1 is 1.33 bits per heavy atom. The summed E-state index contributed by atoms with van der Waals surface area (Å²) in [6.45, 7) is 0. The zero-order valence-corrected chi connectivity index (χ0v) is 8.53. The van der Waals surface area contributed by atoms with Crippen LogP contribution >= 0.6 is 0 Å². The van der Waals surface area contributed by atoms with E-state index in [1.165, 1.54) is 0 Å². The number of terminal acetylenes is 1. The Morgan fingerprint density at radius 3 is 2.13 bits per heavy atom. The van der Waals surface area contributed by atoms with Crippen LogP contribution in [0.5, 0.6) is 0 Å². The van der Waals surface area contributed by atoms with Crippen LogP contribution in [0.1, 0.15) is 5.56 Å². The zero-order chi connectivity index (χ0) is 11.6. The van der Waals surface area contributed by atoms with Crippen molar-refractivity contribution < 1.29 is 17.2 Å². The summed E-state index contributed by atoms with van der Waals surface area (Å²) < 4.78 is 49.6. The maximum absolute atomic E-state index is 13.2. The SMILES string of the molecule is C#Cc1cc(F)c(NS(C)(=O)=O)c(F)c1. The molecule has 0 saturated heterocycles. The van der Waals surface area contributed by atoms with E-state index in [1.54, 1.807) is 4.72 Å². The van der Waals surface area contributed by atoms with Crippen LogP contribution in [0.25, 0.3) is 0 Å². The van der Waals surface area contributed by atoms with Gasteiger partial charge in [-0.05, 0) is 12.1 Å². The third kappa shape index (κ3) is 2.92. The molecule has 0 aliphatic rings. The van der Waals surface area contributed by atoms with E-state index >= 15 is 0 Å². The summed E-state index contributed by atoms with van der Waals surface area (Å²) in [5.74, 6) is -0.0542. The molecule has 0 aromatic heterocycles. The van der Waals surface area contributed by atoms with E-state index in [2.05, 4.69) is 0 Å². The highest BCUT2D eigenvalue weighted by atomic mass is 32.2. The maximum Gasteiger partial charge on any atom is 0.230 e. The molecule has 1 aromatic carbocycles. The van der Waals surface area contributed by atoms with E-state index in [4.69, 9.17) is 6.42 Å². The smallest absolute Gasteiger partial charge is 0.230 e. The number of halogens is 2. The number of anilines is 1. The molecule has 6 heteroatoms. The quantitative estimate of drug-likeness (QED) is 0.780. The van der Waals surface area contributed by atoms with Crippen LogP contribution in [0, 0.1) is 24.0 Å². The normalized spacial score (nSPS) is 10.8. The van der Waals surface area contributed by atoms with Crippen molar-refractivity contribution in [1.29, 1.82) is 0 Å². The van der Waals surface area contributed by atoms with Gasteiger partial charge in [0.1, 0.15) is 5.69 Å². The second-order valence-corrected chi connectivity index (χ2v) is 4.58. The van der Waals surface area contributed by atoms with Gasteiger partial charge in [-0.25, -0.2) is 17.2 Å². The van der Waals surface area contributed by atoms with Crippen LogP contribution in [0.4, 0.5) is 14.5 Å². The summed E-state index contributed by atoms with van der Waals surface area (Å²) in [6, 6.07) is 1.74. The van der Waals surface area contributed by atoms with E-state index in [9.17, 15) is 17.2 Å². The van der Waals surface area contributed by atoms with Crippen LogP contribution in [-0.4, -0.2) is 14.7 Å². The molecular weight excluding hydrogens is 224 g/mol. The Kier molecular flexibility index (Phi) is 2.95. The van der Waals surface area contributed by atoms with Gasteiger partial charge in [0.2, 0.25) is 10.0 Å². The molecule has 3 nitrogen and oxygen atoms in total. The molecule has 0 amide bonds. The lowest BCUT2D eigenvalue weighted by Crippen LogP contribution is -2.12. The summed E-state index contributed by atoms with van der Waals surface area (Å²) in [6.07, 6.45) is 5.74. The van der Waals surface area contributed by atoms with E-state index in [0.29, 0.717) is 0 Å². The molecule has 80 valence electrons. The van der Waals surface area contributed by atoms with Gasteiger partial charge in [-0.1, -0.05) is 5.92 Å². The third-order valence-corrected chi connectivity index (χ3v) is 2.07. The fourth-order valence-electron chi connectivity index (χ4n) is 0.939. The number of sulfonamides is 1. The first-order valence-corrected chi connectivity index (χ1v) is 5.66. The van der Waals surface area contributed by atoms with Crippen LogP contribution in [-0.2, 0) is 10.0 Å². The molecule has 15 heavy (non-hydrogen) atoms. The van der Waals surface area contributed by atoms with Gasteiger partial charge in [0.15, 0.2) is 11.6 Å². The summed E-state index contributed by atoms with van der Waals surface area (Å²) in [7, 11) is -3.72. The van der Waals surface area contributed by atoms with E-state index in [1.807, 2.05) is 5.92 Å². The fourth-order valence-corrected chi connectivity index (χ4v) is 1.51. The van der Waals surface area contributed by atoms with Crippen molar-refractivity contribution in [3.8, 4) is 12.3 Å².